The molecule has 1 aromatic rings. The molecule has 4 nitrogen and oxygen atoms in total. The van der Waals surface area contributed by atoms with E-state index in [2.05, 4.69) is 29.1 Å². The van der Waals surface area contributed by atoms with Crippen LogP contribution in [0, 0.1) is 5.92 Å². The van der Waals surface area contributed by atoms with E-state index < -0.39 is 5.60 Å². The molecule has 0 spiro atoms. The fourth-order valence-corrected chi connectivity index (χ4v) is 1.82. The van der Waals surface area contributed by atoms with Gasteiger partial charge in [-0.15, -0.1) is 0 Å². The molecule has 90 valence electrons. The van der Waals surface area contributed by atoms with E-state index in [1.165, 1.54) is 0 Å². The largest absolute Gasteiger partial charge is 0.389 e. The molecule has 0 saturated heterocycles. The van der Waals surface area contributed by atoms with Crippen molar-refractivity contribution in [2.24, 2.45) is 5.92 Å². The molecule has 16 heavy (non-hydrogen) atoms. The molecular formula is C12H21N3O. The van der Waals surface area contributed by atoms with Crippen LogP contribution in [0.5, 0.6) is 0 Å². The maximum Gasteiger partial charge on any atom is 0.141 e. The van der Waals surface area contributed by atoms with E-state index in [-0.39, 0.29) is 0 Å². The molecule has 0 aliphatic carbocycles. The van der Waals surface area contributed by atoms with Crippen molar-refractivity contribution in [3.63, 3.8) is 0 Å². The first-order valence-electron chi connectivity index (χ1n) is 5.68. The summed E-state index contributed by atoms with van der Waals surface area (Å²) < 4.78 is 0. The lowest BCUT2D eigenvalue weighted by atomic mass is 9.94. The number of hydrogen-bond donors (Lipinski definition) is 2. The normalized spacial score (nSPS) is 15.1. The fraction of sp³-hybridized carbons (Fsp3) is 0.667. The topological polar surface area (TPSA) is 58.0 Å². The van der Waals surface area contributed by atoms with Gasteiger partial charge in [-0.2, -0.15) is 0 Å². The molecule has 1 rings (SSSR count). The molecule has 0 aromatic carbocycles. The highest BCUT2D eigenvalue weighted by Crippen LogP contribution is 2.14. The molecule has 0 aliphatic heterocycles. The number of aromatic nitrogens is 2. The van der Waals surface area contributed by atoms with Crippen LogP contribution in [0.4, 0.5) is 0 Å². The first-order valence-corrected chi connectivity index (χ1v) is 5.68. The molecule has 0 amide bonds. The van der Waals surface area contributed by atoms with Crippen LogP contribution < -0.4 is 5.32 Å². The standard InChI is InChI=1S/C12H21N3O/c1-10(2)7-12(3,16)9-13-8-11-14-5-4-6-15-11/h4-6,10,13,16H,7-9H2,1-3H3. The number of aliphatic hydroxyl groups is 1. The Morgan fingerprint density at radius 3 is 2.56 bits per heavy atom. The molecule has 4 heteroatoms. The highest BCUT2D eigenvalue weighted by atomic mass is 16.3. The summed E-state index contributed by atoms with van der Waals surface area (Å²) in [6, 6.07) is 1.79. The Labute approximate surface area is 97.1 Å². The Morgan fingerprint density at radius 1 is 1.38 bits per heavy atom. The second-order valence-corrected chi connectivity index (χ2v) is 4.86. The van der Waals surface area contributed by atoms with Crippen molar-refractivity contribution in [2.45, 2.75) is 39.3 Å². The van der Waals surface area contributed by atoms with Gasteiger partial charge in [-0.25, -0.2) is 9.97 Å². The van der Waals surface area contributed by atoms with E-state index in [1.807, 2.05) is 6.92 Å². The monoisotopic (exact) mass is 223 g/mol. The van der Waals surface area contributed by atoms with Crippen LogP contribution in [0.3, 0.4) is 0 Å². The lowest BCUT2D eigenvalue weighted by Gasteiger charge is -2.25. The summed E-state index contributed by atoms with van der Waals surface area (Å²) >= 11 is 0. The number of nitrogens with one attached hydrogen (secondary N) is 1. The van der Waals surface area contributed by atoms with Crippen LogP contribution in [0.1, 0.15) is 33.0 Å². The molecule has 1 atom stereocenters. The van der Waals surface area contributed by atoms with E-state index in [4.69, 9.17) is 0 Å². The average Bonchev–Trinajstić information content (AvgIpc) is 2.16. The summed E-state index contributed by atoms with van der Waals surface area (Å²) in [5, 5.41) is 13.2. The minimum Gasteiger partial charge on any atom is -0.389 e. The van der Waals surface area contributed by atoms with E-state index in [0.717, 1.165) is 12.2 Å². The van der Waals surface area contributed by atoms with E-state index >= 15 is 0 Å². The van der Waals surface area contributed by atoms with E-state index in [0.29, 0.717) is 19.0 Å². The third kappa shape index (κ3) is 5.19. The molecule has 1 aromatic heterocycles. The number of hydrogen-bond acceptors (Lipinski definition) is 4. The Morgan fingerprint density at radius 2 is 2.00 bits per heavy atom. The van der Waals surface area contributed by atoms with Gasteiger partial charge in [0.2, 0.25) is 0 Å². The van der Waals surface area contributed by atoms with Crippen molar-refractivity contribution < 1.29 is 5.11 Å². The van der Waals surface area contributed by atoms with Crippen LogP contribution in [0.15, 0.2) is 18.5 Å². The van der Waals surface area contributed by atoms with Gasteiger partial charge in [-0.05, 0) is 25.3 Å². The van der Waals surface area contributed by atoms with Crippen LogP contribution in [-0.4, -0.2) is 27.2 Å². The maximum atomic E-state index is 10.1. The molecule has 1 heterocycles. The third-order valence-corrected chi connectivity index (χ3v) is 2.26. The first-order chi connectivity index (χ1) is 7.49. The summed E-state index contributed by atoms with van der Waals surface area (Å²) in [7, 11) is 0. The van der Waals surface area contributed by atoms with Gasteiger partial charge >= 0.3 is 0 Å². The van der Waals surface area contributed by atoms with Gasteiger partial charge in [-0.1, -0.05) is 13.8 Å². The van der Waals surface area contributed by atoms with Crippen molar-refractivity contribution in [2.75, 3.05) is 6.54 Å². The second kappa shape index (κ2) is 5.92. The van der Waals surface area contributed by atoms with Gasteiger partial charge in [0.15, 0.2) is 0 Å². The summed E-state index contributed by atoms with van der Waals surface area (Å²) in [6.45, 7) is 7.22. The lowest BCUT2D eigenvalue weighted by Crippen LogP contribution is -2.38. The van der Waals surface area contributed by atoms with Crippen LogP contribution in [0.25, 0.3) is 0 Å². The van der Waals surface area contributed by atoms with Gasteiger partial charge < -0.3 is 10.4 Å². The molecular weight excluding hydrogens is 202 g/mol. The van der Waals surface area contributed by atoms with Crippen molar-refractivity contribution in [3.8, 4) is 0 Å². The molecule has 1 unspecified atom stereocenters. The van der Waals surface area contributed by atoms with E-state index in [9.17, 15) is 5.11 Å². The van der Waals surface area contributed by atoms with Gasteiger partial charge in [0, 0.05) is 18.9 Å². The molecule has 0 aliphatic rings. The van der Waals surface area contributed by atoms with Crippen molar-refractivity contribution in [1.29, 1.82) is 0 Å². The SMILES string of the molecule is CC(C)CC(C)(O)CNCc1ncccn1. The Balaban J connectivity index is 2.30. The summed E-state index contributed by atoms with van der Waals surface area (Å²) in [5.74, 6) is 1.24. The predicted molar refractivity (Wildman–Crippen MR) is 63.8 cm³/mol. The maximum absolute atomic E-state index is 10.1. The quantitative estimate of drug-likeness (QED) is 0.764. The number of nitrogens with zero attached hydrogens (tertiary/aromatic N) is 2. The van der Waals surface area contributed by atoms with Gasteiger partial charge in [0.05, 0.1) is 12.1 Å². The fourth-order valence-electron chi connectivity index (χ4n) is 1.82. The van der Waals surface area contributed by atoms with Crippen LogP contribution in [0.2, 0.25) is 0 Å². The molecule has 0 bridgehead atoms. The summed E-state index contributed by atoms with van der Waals surface area (Å²) in [5.41, 5.74) is -0.664. The zero-order valence-electron chi connectivity index (χ0n) is 10.3. The van der Waals surface area contributed by atoms with Gasteiger partial charge in [0.1, 0.15) is 5.82 Å². The van der Waals surface area contributed by atoms with E-state index in [1.54, 1.807) is 18.5 Å². The summed E-state index contributed by atoms with van der Waals surface area (Å²) in [6.07, 6.45) is 4.22. The van der Waals surface area contributed by atoms with Crippen LogP contribution in [-0.2, 0) is 6.54 Å². The molecule has 0 saturated carbocycles. The Kier molecular flexibility index (Phi) is 4.83. The van der Waals surface area contributed by atoms with Gasteiger partial charge in [-0.3, -0.25) is 0 Å². The molecule has 0 radical (unpaired) electrons. The minimum atomic E-state index is -0.664. The van der Waals surface area contributed by atoms with Crippen molar-refractivity contribution in [3.05, 3.63) is 24.3 Å². The minimum absolute atomic E-state index is 0.491. The zero-order chi connectivity index (χ0) is 12.0. The highest BCUT2D eigenvalue weighted by Gasteiger charge is 2.21. The lowest BCUT2D eigenvalue weighted by molar-refractivity contribution is 0.0382. The Hall–Kier alpha value is -1.00. The highest BCUT2D eigenvalue weighted by molar-refractivity contribution is 4.88. The molecule has 0 fully saturated rings. The first kappa shape index (κ1) is 13.1. The van der Waals surface area contributed by atoms with Crippen molar-refractivity contribution >= 4 is 0 Å². The zero-order valence-corrected chi connectivity index (χ0v) is 10.3. The Bertz CT molecular complexity index is 298. The predicted octanol–water partition coefficient (Wildman–Crippen LogP) is 1.36. The van der Waals surface area contributed by atoms with Gasteiger partial charge in [0.25, 0.3) is 0 Å². The molecule has 2 N–H and O–H groups in total. The summed E-state index contributed by atoms with van der Waals surface area (Å²) in [4.78, 5) is 8.21. The van der Waals surface area contributed by atoms with Crippen molar-refractivity contribution in [1.82, 2.24) is 15.3 Å². The third-order valence-electron chi connectivity index (χ3n) is 2.26. The second-order valence-electron chi connectivity index (χ2n) is 4.86. The average molecular weight is 223 g/mol. The van der Waals surface area contributed by atoms with Crippen LogP contribution >= 0.6 is 0 Å². The smallest absolute Gasteiger partial charge is 0.141 e. The number of rotatable bonds is 6.